The van der Waals surface area contributed by atoms with Gasteiger partial charge in [0.05, 0.1) is 21.4 Å². The van der Waals surface area contributed by atoms with Crippen molar-refractivity contribution < 1.29 is 9.26 Å². The molecule has 1 aromatic carbocycles. The first-order valence-electron chi connectivity index (χ1n) is 9.02. The fourth-order valence-electron chi connectivity index (χ4n) is 3.59. The standard InChI is InChI=1S/C20H33O2P/c1-14(2)19-12-7-16(5)13-20(19)22-23(15(3)4)18-10-8-17(21-6)9-11-18/h8-11,14-16,19-20H,7,12-13H2,1-6H3. The monoisotopic (exact) mass is 336 g/mol. The van der Waals surface area contributed by atoms with E-state index in [4.69, 9.17) is 9.26 Å². The maximum Gasteiger partial charge on any atom is 0.118 e. The van der Waals surface area contributed by atoms with Crippen LogP contribution in [0.4, 0.5) is 0 Å². The molecule has 0 N–H and O–H groups in total. The zero-order chi connectivity index (χ0) is 17.0. The smallest absolute Gasteiger partial charge is 0.118 e. The van der Waals surface area contributed by atoms with Gasteiger partial charge in [0.15, 0.2) is 0 Å². The van der Waals surface area contributed by atoms with Crippen LogP contribution in [0, 0.1) is 17.8 Å². The molecule has 1 aliphatic carbocycles. The van der Waals surface area contributed by atoms with Crippen molar-refractivity contribution in [3.8, 4) is 5.75 Å². The zero-order valence-electron chi connectivity index (χ0n) is 15.6. The van der Waals surface area contributed by atoms with Crippen LogP contribution < -0.4 is 10.0 Å². The Kier molecular flexibility index (Phi) is 6.92. The van der Waals surface area contributed by atoms with Crippen molar-refractivity contribution >= 4 is 13.5 Å². The molecule has 0 radical (unpaired) electrons. The maximum atomic E-state index is 6.78. The van der Waals surface area contributed by atoms with Crippen LogP contribution in [0.3, 0.4) is 0 Å². The molecular formula is C20H33O2P. The van der Waals surface area contributed by atoms with Gasteiger partial charge in [-0.2, -0.15) is 0 Å². The molecule has 2 nitrogen and oxygen atoms in total. The van der Waals surface area contributed by atoms with Crippen LogP contribution in [0.2, 0.25) is 0 Å². The highest BCUT2D eigenvalue weighted by Crippen LogP contribution is 2.48. The molecule has 23 heavy (non-hydrogen) atoms. The van der Waals surface area contributed by atoms with E-state index >= 15 is 0 Å². The molecule has 4 unspecified atom stereocenters. The van der Waals surface area contributed by atoms with Gasteiger partial charge in [-0.1, -0.05) is 41.0 Å². The maximum absolute atomic E-state index is 6.78. The predicted molar refractivity (Wildman–Crippen MR) is 101 cm³/mol. The Hall–Kier alpha value is -0.590. The Bertz CT molecular complexity index is 469. The molecule has 0 saturated heterocycles. The third-order valence-electron chi connectivity index (χ3n) is 5.01. The van der Waals surface area contributed by atoms with Crippen molar-refractivity contribution in [2.45, 2.75) is 65.6 Å². The lowest BCUT2D eigenvalue weighted by atomic mass is 9.75. The minimum atomic E-state index is -0.581. The molecule has 0 heterocycles. The summed E-state index contributed by atoms with van der Waals surface area (Å²) in [4.78, 5) is 0. The summed E-state index contributed by atoms with van der Waals surface area (Å²) in [5, 5.41) is 1.33. The third-order valence-corrected chi connectivity index (χ3v) is 7.25. The molecule has 1 aliphatic rings. The molecule has 2 rings (SSSR count). The minimum Gasteiger partial charge on any atom is -0.497 e. The summed E-state index contributed by atoms with van der Waals surface area (Å²) < 4.78 is 12.1. The van der Waals surface area contributed by atoms with E-state index in [0.717, 1.165) is 11.7 Å². The van der Waals surface area contributed by atoms with Crippen LogP contribution in [-0.2, 0) is 4.52 Å². The van der Waals surface area contributed by atoms with E-state index in [-0.39, 0.29) is 0 Å². The van der Waals surface area contributed by atoms with Crippen LogP contribution in [0.1, 0.15) is 53.9 Å². The van der Waals surface area contributed by atoms with Crippen molar-refractivity contribution in [3.05, 3.63) is 24.3 Å². The molecule has 1 saturated carbocycles. The van der Waals surface area contributed by atoms with Crippen molar-refractivity contribution in [2.24, 2.45) is 17.8 Å². The van der Waals surface area contributed by atoms with E-state index in [9.17, 15) is 0 Å². The number of benzene rings is 1. The van der Waals surface area contributed by atoms with E-state index in [1.54, 1.807) is 7.11 Å². The van der Waals surface area contributed by atoms with Gasteiger partial charge in [-0.25, -0.2) is 0 Å². The van der Waals surface area contributed by atoms with Crippen molar-refractivity contribution in [1.29, 1.82) is 0 Å². The average molecular weight is 336 g/mol. The van der Waals surface area contributed by atoms with E-state index in [1.807, 2.05) is 0 Å². The van der Waals surface area contributed by atoms with Crippen LogP contribution in [0.5, 0.6) is 5.75 Å². The zero-order valence-corrected chi connectivity index (χ0v) is 16.5. The molecule has 0 amide bonds. The Morgan fingerprint density at radius 1 is 1.04 bits per heavy atom. The van der Waals surface area contributed by atoms with Crippen molar-refractivity contribution in [2.75, 3.05) is 7.11 Å². The van der Waals surface area contributed by atoms with Gasteiger partial charge >= 0.3 is 0 Å². The van der Waals surface area contributed by atoms with Gasteiger partial charge in [0.2, 0.25) is 0 Å². The van der Waals surface area contributed by atoms with E-state index in [2.05, 4.69) is 58.9 Å². The Morgan fingerprint density at radius 2 is 1.70 bits per heavy atom. The van der Waals surface area contributed by atoms with Gasteiger partial charge in [-0.15, -0.1) is 0 Å². The SMILES string of the molecule is COc1ccc(P(OC2CC(C)CCC2C(C)C)C(C)C)cc1. The molecule has 4 atom stereocenters. The lowest BCUT2D eigenvalue weighted by Crippen LogP contribution is -2.34. The molecule has 1 aromatic rings. The van der Waals surface area contributed by atoms with Crippen LogP contribution in [-0.4, -0.2) is 18.9 Å². The van der Waals surface area contributed by atoms with Gasteiger partial charge < -0.3 is 9.26 Å². The molecule has 1 fully saturated rings. The highest BCUT2D eigenvalue weighted by atomic mass is 31.1. The number of rotatable bonds is 6. The average Bonchev–Trinajstić information content (AvgIpc) is 2.52. The molecule has 0 bridgehead atoms. The lowest BCUT2D eigenvalue weighted by Gasteiger charge is -2.39. The first-order chi connectivity index (χ1) is 10.9. The largest absolute Gasteiger partial charge is 0.497 e. The van der Waals surface area contributed by atoms with Gasteiger partial charge in [0, 0.05) is 11.0 Å². The van der Waals surface area contributed by atoms with E-state index in [1.165, 1.54) is 24.6 Å². The Balaban J connectivity index is 2.16. The number of methoxy groups -OCH3 is 1. The topological polar surface area (TPSA) is 18.5 Å². The third kappa shape index (κ3) is 4.94. The van der Waals surface area contributed by atoms with Gasteiger partial charge in [-0.05, 0) is 54.9 Å². The number of ether oxygens (including phenoxy) is 1. The molecular weight excluding hydrogens is 303 g/mol. The molecule has 0 aliphatic heterocycles. The number of hydrogen-bond donors (Lipinski definition) is 0. The summed E-state index contributed by atoms with van der Waals surface area (Å²) in [6.45, 7) is 11.6. The first kappa shape index (κ1) is 18.7. The fraction of sp³-hybridized carbons (Fsp3) is 0.700. The van der Waals surface area contributed by atoms with E-state index in [0.29, 0.717) is 23.6 Å². The molecule has 0 aromatic heterocycles. The molecule has 3 heteroatoms. The van der Waals surface area contributed by atoms with Crippen molar-refractivity contribution in [1.82, 2.24) is 0 Å². The predicted octanol–water partition coefficient (Wildman–Crippen LogP) is 5.60. The summed E-state index contributed by atoms with van der Waals surface area (Å²) in [6.07, 6.45) is 4.29. The Labute approximate surface area is 143 Å². The van der Waals surface area contributed by atoms with E-state index < -0.39 is 8.15 Å². The minimum absolute atomic E-state index is 0.411. The first-order valence-corrected chi connectivity index (χ1v) is 10.3. The molecule has 130 valence electrons. The van der Waals surface area contributed by atoms with Crippen LogP contribution in [0.15, 0.2) is 24.3 Å². The lowest BCUT2D eigenvalue weighted by molar-refractivity contribution is 0.0557. The highest BCUT2D eigenvalue weighted by Gasteiger charge is 2.34. The highest BCUT2D eigenvalue weighted by molar-refractivity contribution is 7.61. The van der Waals surface area contributed by atoms with Crippen LogP contribution in [0.25, 0.3) is 0 Å². The normalized spacial score (nSPS) is 26.5. The van der Waals surface area contributed by atoms with Gasteiger partial charge in [-0.3, -0.25) is 0 Å². The van der Waals surface area contributed by atoms with Gasteiger partial charge in [0.1, 0.15) is 5.75 Å². The fourth-order valence-corrected chi connectivity index (χ4v) is 5.53. The second-order valence-corrected chi connectivity index (χ2v) is 10.00. The molecule has 0 spiro atoms. The number of hydrogen-bond acceptors (Lipinski definition) is 2. The second kappa shape index (κ2) is 8.49. The second-order valence-electron chi connectivity index (χ2n) is 7.59. The van der Waals surface area contributed by atoms with Gasteiger partial charge in [0.25, 0.3) is 0 Å². The Morgan fingerprint density at radius 3 is 2.22 bits per heavy atom. The summed E-state index contributed by atoms with van der Waals surface area (Å²) >= 11 is 0. The quantitative estimate of drug-likeness (QED) is 0.629. The van der Waals surface area contributed by atoms with Crippen LogP contribution >= 0.6 is 8.15 Å². The summed E-state index contributed by atoms with van der Waals surface area (Å²) in [5.41, 5.74) is 0.531. The van der Waals surface area contributed by atoms with Crippen molar-refractivity contribution in [3.63, 3.8) is 0 Å². The summed E-state index contributed by atoms with van der Waals surface area (Å²) in [6, 6.07) is 8.47. The summed E-state index contributed by atoms with van der Waals surface area (Å²) in [5.74, 6) is 3.11. The summed E-state index contributed by atoms with van der Waals surface area (Å²) in [7, 11) is 1.13.